The summed E-state index contributed by atoms with van der Waals surface area (Å²) < 4.78 is 30.6. The van der Waals surface area contributed by atoms with Gasteiger partial charge in [0.25, 0.3) is 5.91 Å². The summed E-state index contributed by atoms with van der Waals surface area (Å²) in [5, 5.41) is 2.51. The number of thiocarbonyl (C=S) groups is 1. The molecule has 5 nitrogen and oxygen atoms in total. The third-order valence-electron chi connectivity index (χ3n) is 3.36. The molecule has 0 atom stereocenters. The molecule has 3 rings (SSSR count). The van der Waals surface area contributed by atoms with Crippen LogP contribution in [0.5, 0.6) is 5.75 Å². The van der Waals surface area contributed by atoms with Crippen LogP contribution in [-0.4, -0.2) is 18.6 Å². The fourth-order valence-corrected chi connectivity index (χ4v) is 4.10. The first-order valence-corrected chi connectivity index (χ1v) is 9.83. The number of aryl methyl sites for hydroxylation is 1. The molecular weight excluding hydrogens is 378 g/mol. The van der Waals surface area contributed by atoms with Crippen LogP contribution in [0.15, 0.2) is 58.3 Å². The maximum atomic E-state index is 12.5. The first kappa shape index (κ1) is 17.7. The lowest BCUT2D eigenvalue weighted by atomic mass is 10.2. The summed E-state index contributed by atoms with van der Waals surface area (Å²) in [7, 11) is -3.97. The van der Waals surface area contributed by atoms with Gasteiger partial charge in [0.15, 0.2) is 0 Å². The molecule has 1 amide bonds. The minimum atomic E-state index is -3.97. The van der Waals surface area contributed by atoms with Crippen LogP contribution in [0.25, 0.3) is 6.08 Å². The van der Waals surface area contributed by atoms with Gasteiger partial charge in [0.1, 0.15) is 15.0 Å². The highest BCUT2D eigenvalue weighted by molar-refractivity contribution is 8.26. The van der Waals surface area contributed by atoms with Gasteiger partial charge in [-0.2, -0.15) is 8.42 Å². The second-order valence-corrected chi connectivity index (χ2v) is 8.51. The van der Waals surface area contributed by atoms with Crippen molar-refractivity contribution in [3.8, 4) is 5.75 Å². The zero-order valence-electron chi connectivity index (χ0n) is 13.1. The zero-order chi connectivity index (χ0) is 18.0. The SMILES string of the molecule is Cc1ccc(S(=O)(=O)Oc2ccccc2/C=C2/SC(=S)NC2=O)cc1. The normalized spacial score (nSPS) is 16.1. The van der Waals surface area contributed by atoms with Crippen molar-refractivity contribution in [3.05, 3.63) is 64.6 Å². The third kappa shape index (κ3) is 4.09. The van der Waals surface area contributed by atoms with Crippen molar-refractivity contribution >= 4 is 50.4 Å². The van der Waals surface area contributed by atoms with Gasteiger partial charge in [0, 0.05) is 5.56 Å². The summed E-state index contributed by atoms with van der Waals surface area (Å²) in [5.41, 5.74) is 1.42. The van der Waals surface area contributed by atoms with E-state index in [1.54, 1.807) is 36.4 Å². The Labute approximate surface area is 155 Å². The molecule has 1 aliphatic heterocycles. The molecule has 0 spiro atoms. The van der Waals surface area contributed by atoms with Crippen LogP contribution < -0.4 is 9.50 Å². The maximum Gasteiger partial charge on any atom is 0.339 e. The van der Waals surface area contributed by atoms with Crippen molar-refractivity contribution in [1.29, 1.82) is 0 Å². The quantitative estimate of drug-likeness (QED) is 0.490. The summed E-state index contributed by atoms with van der Waals surface area (Å²) in [6.45, 7) is 1.87. The maximum absolute atomic E-state index is 12.5. The second-order valence-electron chi connectivity index (χ2n) is 5.24. The Morgan fingerprint density at radius 2 is 1.80 bits per heavy atom. The van der Waals surface area contributed by atoms with Crippen molar-refractivity contribution in [2.24, 2.45) is 0 Å². The minimum absolute atomic E-state index is 0.0646. The van der Waals surface area contributed by atoms with Gasteiger partial charge in [0.05, 0.1) is 4.91 Å². The number of nitrogens with one attached hydrogen (secondary N) is 1. The van der Waals surface area contributed by atoms with Crippen LogP contribution in [0.4, 0.5) is 0 Å². The summed E-state index contributed by atoms with van der Waals surface area (Å²) >= 11 is 6.07. The highest BCUT2D eigenvalue weighted by atomic mass is 32.2. The first-order valence-electron chi connectivity index (χ1n) is 7.20. The molecule has 1 N–H and O–H groups in total. The number of amides is 1. The van der Waals surface area contributed by atoms with Crippen molar-refractivity contribution in [3.63, 3.8) is 0 Å². The van der Waals surface area contributed by atoms with E-state index in [0.717, 1.165) is 17.3 Å². The Hall–Kier alpha value is -2.16. The van der Waals surface area contributed by atoms with Crippen LogP contribution >= 0.6 is 24.0 Å². The van der Waals surface area contributed by atoms with E-state index in [4.69, 9.17) is 16.4 Å². The fourth-order valence-electron chi connectivity index (χ4n) is 2.11. The lowest BCUT2D eigenvalue weighted by Crippen LogP contribution is -2.17. The lowest BCUT2D eigenvalue weighted by Gasteiger charge is -2.10. The average Bonchev–Trinajstić information content (AvgIpc) is 2.87. The molecule has 0 aromatic heterocycles. The number of hydrogen-bond acceptors (Lipinski definition) is 6. The Kier molecular flexibility index (Phi) is 4.94. The van der Waals surface area contributed by atoms with E-state index in [9.17, 15) is 13.2 Å². The van der Waals surface area contributed by atoms with Gasteiger partial charge in [-0.05, 0) is 31.2 Å². The number of para-hydroxylation sites is 1. The number of hydrogen-bond donors (Lipinski definition) is 1. The van der Waals surface area contributed by atoms with Crippen molar-refractivity contribution in [2.75, 3.05) is 0 Å². The van der Waals surface area contributed by atoms with Crippen LogP contribution in [0, 0.1) is 6.92 Å². The monoisotopic (exact) mass is 391 g/mol. The molecule has 0 radical (unpaired) electrons. The summed E-state index contributed by atoms with van der Waals surface area (Å²) in [4.78, 5) is 12.2. The van der Waals surface area contributed by atoms with Crippen molar-refractivity contribution < 1.29 is 17.4 Å². The predicted molar refractivity (Wildman–Crippen MR) is 102 cm³/mol. The predicted octanol–water partition coefficient (Wildman–Crippen LogP) is 3.25. The molecule has 1 fully saturated rings. The Morgan fingerprint density at radius 1 is 1.12 bits per heavy atom. The number of benzene rings is 2. The molecule has 8 heteroatoms. The molecule has 1 heterocycles. The van der Waals surface area contributed by atoms with Gasteiger partial charge in [-0.15, -0.1) is 0 Å². The smallest absolute Gasteiger partial charge is 0.339 e. The summed E-state index contributed by atoms with van der Waals surface area (Å²) in [6.07, 6.45) is 1.55. The van der Waals surface area contributed by atoms with Gasteiger partial charge in [-0.25, -0.2) is 0 Å². The van der Waals surface area contributed by atoms with E-state index in [1.807, 2.05) is 6.92 Å². The topological polar surface area (TPSA) is 72.5 Å². The van der Waals surface area contributed by atoms with Crippen molar-refractivity contribution in [1.82, 2.24) is 5.32 Å². The molecule has 2 aromatic carbocycles. The number of carbonyl (C=O) groups is 1. The Balaban J connectivity index is 1.94. The minimum Gasteiger partial charge on any atom is -0.378 e. The third-order valence-corrected chi connectivity index (χ3v) is 5.77. The molecule has 128 valence electrons. The number of carbonyl (C=O) groups excluding carboxylic acids is 1. The van der Waals surface area contributed by atoms with E-state index in [0.29, 0.717) is 14.8 Å². The highest BCUT2D eigenvalue weighted by Gasteiger charge is 2.23. The van der Waals surface area contributed by atoms with E-state index < -0.39 is 10.1 Å². The van der Waals surface area contributed by atoms with Crippen molar-refractivity contribution in [2.45, 2.75) is 11.8 Å². The summed E-state index contributed by atoms with van der Waals surface area (Å²) in [5.74, 6) is -0.173. The molecular formula is C17H13NO4S3. The van der Waals surface area contributed by atoms with Gasteiger partial charge in [-0.3, -0.25) is 4.79 Å². The molecule has 2 aromatic rings. The van der Waals surface area contributed by atoms with Gasteiger partial charge >= 0.3 is 10.1 Å². The van der Waals surface area contributed by atoms with Crippen LogP contribution in [0.1, 0.15) is 11.1 Å². The first-order chi connectivity index (χ1) is 11.8. The Bertz CT molecular complexity index is 979. The molecule has 1 saturated heterocycles. The average molecular weight is 391 g/mol. The van der Waals surface area contributed by atoms with Gasteiger partial charge in [0.2, 0.25) is 0 Å². The van der Waals surface area contributed by atoms with Crippen LogP contribution in [0.2, 0.25) is 0 Å². The van der Waals surface area contributed by atoms with Gasteiger partial charge in [-0.1, -0.05) is 59.9 Å². The molecule has 0 bridgehead atoms. The van der Waals surface area contributed by atoms with Gasteiger partial charge < -0.3 is 9.50 Å². The largest absolute Gasteiger partial charge is 0.378 e. The number of thioether (sulfide) groups is 1. The standard InChI is InChI=1S/C17H13NO4S3/c1-11-6-8-13(9-7-11)25(20,21)22-14-5-3-2-4-12(14)10-15-16(19)18-17(23)24-15/h2-10H,1H3,(H,18,19,23)/b15-10+. The van der Waals surface area contributed by atoms with E-state index in [2.05, 4.69) is 5.32 Å². The highest BCUT2D eigenvalue weighted by Crippen LogP contribution is 2.30. The Morgan fingerprint density at radius 3 is 2.44 bits per heavy atom. The van der Waals surface area contributed by atoms with E-state index in [-0.39, 0.29) is 16.6 Å². The van der Waals surface area contributed by atoms with Crippen LogP contribution in [0.3, 0.4) is 0 Å². The summed E-state index contributed by atoms with van der Waals surface area (Å²) in [6, 6.07) is 13.0. The fraction of sp³-hybridized carbons (Fsp3) is 0.0588. The molecule has 0 aliphatic carbocycles. The lowest BCUT2D eigenvalue weighted by molar-refractivity contribution is -0.115. The van der Waals surface area contributed by atoms with E-state index >= 15 is 0 Å². The zero-order valence-corrected chi connectivity index (χ0v) is 15.5. The number of rotatable bonds is 4. The molecule has 25 heavy (non-hydrogen) atoms. The van der Waals surface area contributed by atoms with E-state index in [1.165, 1.54) is 18.2 Å². The second kappa shape index (κ2) is 6.99. The molecule has 1 aliphatic rings. The molecule has 0 unspecified atom stereocenters. The van der Waals surface area contributed by atoms with Crippen LogP contribution in [-0.2, 0) is 14.9 Å². The molecule has 0 saturated carbocycles.